The van der Waals surface area contributed by atoms with E-state index in [1.165, 1.54) is 36.8 Å². The van der Waals surface area contributed by atoms with Gasteiger partial charge in [0.1, 0.15) is 5.76 Å². The fraction of sp³-hybridized carbons (Fsp3) is 0.577. The number of likely N-dealkylation sites (tertiary alicyclic amines) is 3. The zero-order valence-corrected chi connectivity index (χ0v) is 18.5. The second-order valence-electron chi connectivity index (χ2n) is 9.48. The first-order chi connectivity index (χ1) is 15.3. The van der Waals surface area contributed by atoms with E-state index in [1.807, 2.05) is 12.1 Å². The molecule has 5 rings (SSSR count). The molecule has 0 atom stereocenters. The van der Waals surface area contributed by atoms with Crippen LogP contribution in [0.3, 0.4) is 0 Å². The Morgan fingerprint density at radius 1 is 0.871 bits per heavy atom. The second kappa shape index (κ2) is 9.58. The Bertz CT molecular complexity index is 843. The quantitative estimate of drug-likeness (QED) is 0.724. The van der Waals surface area contributed by atoms with Crippen LogP contribution in [-0.2, 0) is 11.3 Å². The first-order valence-electron chi connectivity index (χ1n) is 12.1. The molecule has 0 aliphatic carbocycles. The summed E-state index contributed by atoms with van der Waals surface area (Å²) in [6, 6.07) is 13.3. The molecule has 3 aliphatic heterocycles. The van der Waals surface area contributed by atoms with Crippen LogP contribution in [-0.4, -0.2) is 65.9 Å². The van der Waals surface area contributed by atoms with Gasteiger partial charge in [-0.3, -0.25) is 9.69 Å². The van der Waals surface area contributed by atoms with Gasteiger partial charge in [-0.25, -0.2) is 0 Å². The van der Waals surface area contributed by atoms with Crippen LogP contribution in [0, 0.1) is 5.92 Å². The molecule has 0 saturated carbocycles. The normalized spacial score (nSPS) is 22.3. The van der Waals surface area contributed by atoms with Crippen LogP contribution in [0.25, 0.3) is 11.3 Å². The van der Waals surface area contributed by atoms with Crippen molar-refractivity contribution in [1.29, 1.82) is 0 Å². The highest BCUT2D eigenvalue weighted by atomic mass is 16.3. The van der Waals surface area contributed by atoms with Gasteiger partial charge in [-0.1, -0.05) is 24.3 Å². The van der Waals surface area contributed by atoms with E-state index in [1.54, 1.807) is 6.26 Å². The summed E-state index contributed by atoms with van der Waals surface area (Å²) in [6.07, 6.45) is 8.68. The fourth-order valence-electron chi connectivity index (χ4n) is 5.72. The molecule has 2 aromatic rings. The highest BCUT2D eigenvalue weighted by molar-refractivity contribution is 5.79. The Morgan fingerprint density at radius 2 is 1.61 bits per heavy atom. The summed E-state index contributed by atoms with van der Waals surface area (Å²) < 4.78 is 5.65. The zero-order chi connectivity index (χ0) is 21.0. The van der Waals surface area contributed by atoms with Gasteiger partial charge in [0.25, 0.3) is 0 Å². The maximum Gasteiger partial charge on any atom is 0.225 e. The lowest BCUT2D eigenvalue weighted by atomic mass is 9.92. The maximum absolute atomic E-state index is 12.7. The van der Waals surface area contributed by atoms with Gasteiger partial charge in [0.15, 0.2) is 0 Å². The Kier molecular flexibility index (Phi) is 6.42. The van der Waals surface area contributed by atoms with Crippen LogP contribution in [0.5, 0.6) is 0 Å². The van der Waals surface area contributed by atoms with E-state index in [9.17, 15) is 4.79 Å². The second-order valence-corrected chi connectivity index (χ2v) is 9.48. The van der Waals surface area contributed by atoms with Crippen molar-refractivity contribution < 1.29 is 9.21 Å². The molecule has 0 radical (unpaired) electrons. The molecule has 0 bridgehead atoms. The van der Waals surface area contributed by atoms with Crippen molar-refractivity contribution >= 4 is 5.91 Å². The van der Waals surface area contributed by atoms with Crippen molar-refractivity contribution in [1.82, 2.24) is 14.7 Å². The van der Waals surface area contributed by atoms with Crippen LogP contribution in [0.1, 0.15) is 44.1 Å². The fourth-order valence-corrected chi connectivity index (χ4v) is 5.72. The molecule has 0 N–H and O–H groups in total. The number of carbonyl (C=O) groups is 1. The highest BCUT2D eigenvalue weighted by Gasteiger charge is 2.33. The average Bonchev–Trinajstić information content (AvgIpc) is 3.54. The molecular weight excluding hydrogens is 386 g/mol. The Balaban J connectivity index is 1.11. The van der Waals surface area contributed by atoms with Gasteiger partial charge >= 0.3 is 0 Å². The number of amides is 1. The Hall–Kier alpha value is -2.11. The lowest BCUT2D eigenvalue weighted by Gasteiger charge is -2.42. The average molecular weight is 422 g/mol. The molecule has 1 aromatic heterocycles. The van der Waals surface area contributed by atoms with Gasteiger partial charge in [-0.2, -0.15) is 0 Å². The summed E-state index contributed by atoms with van der Waals surface area (Å²) in [5, 5.41) is 0. The highest BCUT2D eigenvalue weighted by Crippen LogP contribution is 2.29. The lowest BCUT2D eigenvalue weighted by molar-refractivity contribution is -0.136. The van der Waals surface area contributed by atoms with Crippen LogP contribution >= 0.6 is 0 Å². The minimum atomic E-state index is 0.271. The molecule has 3 fully saturated rings. The molecule has 0 spiro atoms. The number of rotatable bonds is 5. The number of nitrogens with zero attached hydrogens (tertiary/aromatic N) is 3. The van der Waals surface area contributed by atoms with Crippen molar-refractivity contribution in [3.8, 4) is 11.3 Å². The number of piperidine rings is 2. The van der Waals surface area contributed by atoms with Gasteiger partial charge in [0.05, 0.1) is 6.26 Å². The molecule has 0 unspecified atom stereocenters. The lowest BCUT2D eigenvalue weighted by Crippen LogP contribution is -2.49. The van der Waals surface area contributed by atoms with Crippen molar-refractivity contribution in [3.05, 3.63) is 48.2 Å². The number of benzene rings is 1. The van der Waals surface area contributed by atoms with Crippen molar-refractivity contribution in [3.63, 3.8) is 0 Å². The first-order valence-corrected chi connectivity index (χ1v) is 12.1. The number of hydrogen-bond donors (Lipinski definition) is 0. The summed E-state index contributed by atoms with van der Waals surface area (Å²) in [4.78, 5) is 20.1. The van der Waals surface area contributed by atoms with Gasteiger partial charge in [0.2, 0.25) is 5.91 Å². The van der Waals surface area contributed by atoms with E-state index in [0.29, 0.717) is 11.9 Å². The van der Waals surface area contributed by atoms with E-state index in [4.69, 9.17) is 4.42 Å². The minimum Gasteiger partial charge on any atom is -0.464 e. The van der Waals surface area contributed by atoms with Crippen molar-refractivity contribution in [2.45, 2.75) is 51.1 Å². The van der Waals surface area contributed by atoms with Crippen LogP contribution in [0.2, 0.25) is 0 Å². The molecule has 3 aliphatic rings. The predicted octanol–water partition coefficient (Wildman–Crippen LogP) is 4.25. The smallest absolute Gasteiger partial charge is 0.225 e. The SMILES string of the molecule is O=C(C1CCN(C2CCN(Cc3ccccc3-c3ccco3)CC2)CC1)N1CCCC1. The standard InChI is InChI=1S/C26H35N3O2/c30-26(29-13-3-4-14-29)21-9-17-28(18-10-21)23-11-15-27(16-12-23)20-22-6-1-2-7-24(22)25-8-5-19-31-25/h1-2,5-8,19,21,23H,3-4,9-18,20H2. The summed E-state index contributed by atoms with van der Waals surface area (Å²) in [7, 11) is 0. The molecule has 5 nitrogen and oxygen atoms in total. The summed E-state index contributed by atoms with van der Waals surface area (Å²) in [6.45, 7) is 7.43. The first kappa shape index (κ1) is 20.8. The largest absolute Gasteiger partial charge is 0.464 e. The third kappa shape index (κ3) is 4.73. The van der Waals surface area contributed by atoms with Crippen LogP contribution in [0.4, 0.5) is 0 Å². The molecule has 1 aromatic carbocycles. The van der Waals surface area contributed by atoms with E-state index < -0.39 is 0 Å². The monoisotopic (exact) mass is 421 g/mol. The van der Waals surface area contributed by atoms with Gasteiger partial charge in [0, 0.05) is 37.2 Å². The number of hydrogen-bond acceptors (Lipinski definition) is 4. The number of carbonyl (C=O) groups excluding carboxylic acids is 1. The van der Waals surface area contributed by atoms with Gasteiger partial charge in [-0.05, 0) is 82.4 Å². The summed E-state index contributed by atoms with van der Waals surface area (Å²) >= 11 is 0. The van der Waals surface area contributed by atoms with Crippen molar-refractivity contribution in [2.75, 3.05) is 39.3 Å². The molecule has 5 heteroatoms. The topological polar surface area (TPSA) is 39.9 Å². The van der Waals surface area contributed by atoms with Gasteiger partial charge < -0.3 is 14.2 Å². The van der Waals surface area contributed by atoms with Crippen LogP contribution < -0.4 is 0 Å². The number of furan rings is 1. The Morgan fingerprint density at radius 3 is 2.32 bits per heavy atom. The molecule has 4 heterocycles. The van der Waals surface area contributed by atoms with E-state index in [2.05, 4.69) is 39.0 Å². The predicted molar refractivity (Wildman–Crippen MR) is 123 cm³/mol. The molecule has 166 valence electrons. The third-order valence-corrected chi connectivity index (χ3v) is 7.57. The third-order valence-electron chi connectivity index (χ3n) is 7.57. The van der Waals surface area contributed by atoms with E-state index in [-0.39, 0.29) is 5.92 Å². The molecule has 31 heavy (non-hydrogen) atoms. The molecule has 3 saturated heterocycles. The minimum absolute atomic E-state index is 0.271. The zero-order valence-electron chi connectivity index (χ0n) is 18.5. The van der Waals surface area contributed by atoms with E-state index >= 15 is 0 Å². The summed E-state index contributed by atoms with van der Waals surface area (Å²) in [5.41, 5.74) is 2.55. The summed E-state index contributed by atoms with van der Waals surface area (Å²) in [5.74, 6) is 1.66. The molecule has 1 amide bonds. The van der Waals surface area contributed by atoms with Gasteiger partial charge in [-0.15, -0.1) is 0 Å². The van der Waals surface area contributed by atoms with E-state index in [0.717, 1.165) is 64.4 Å². The molecular formula is C26H35N3O2. The van der Waals surface area contributed by atoms with Crippen molar-refractivity contribution in [2.24, 2.45) is 5.92 Å². The maximum atomic E-state index is 12.7. The van der Waals surface area contributed by atoms with Crippen LogP contribution in [0.15, 0.2) is 47.1 Å². The Labute approximate surface area is 186 Å².